The molecule has 0 unspecified atom stereocenters. The van der Waals surface area contributed by atoms with Crippen molar-refractivity contribution in [3.8, 4) is 0 Å². The van der Waals surface area contributed by atoms with Gasteiger partial charge in [0.1, 0.15) is 0 Å². The monoisotopic (exact) mass is 126 g/mol. The van der Waals surface area contributed by atoms with Crippen molar-refractivity contribution < 1.29 is 13.9 Å². The first-order valence-corrected chi connectivity index (χ1v) is 4.21. The molecule has 4 heteroatoms. The first-order chi connectivity index (χ1) is 3.12. The van der Waals surface area contributed by atoms with Crippen LogP contribution in [-0.2, 0) is 9.05 Å². The minimum absolute atomic E-state index is 1.43. The summed E-state index contributed by atoms with van der Waals surface area (Å²) in [6.07, 6.45) is 0. The van der Waals surface area contributed by atoms with Crippen LogP contribution in [0.3, 0.4) is 0 Å². The molecule has 0 aromatic carbocycles. The van der Waals surface area contributed by atoms with Gasteiger partial charge >= 0.3 is 42.8 Å². The van der Waals surface area contributed by atoms with E-state index in [0.29, 0.717) is 0 Å². The topological polar surface area (TPSA) is 38.7 Å². The van der Waals surface area contributed by atoms with Crippen molar-refractivity contribution in [2.24, 2.45) is 0 Å². The summed E-state index contributed by atoms with van der Waals surface area (Å²) >= 11 is 0. The van der Waals surface area contributed by atoms with Gasteiger partial charge in [0.05, 0.1) is 0 Å². The number of rotatable bonds is 2. The van der Waals surface area contributed by atoms with Crippen molar-refractivity contribution >= 4 is 7.94 Å². The Morgan fingerprint density at radius 1 is 1.29 bits per heavy atom. The van der Waals surface area contributed by atoms with Gasteiger partial charge in [0.2, 0.25) is 0 Å². The van der Waals surface area contributed by atoms with Gasteiger partial charge in [0, 0.05) is 0 Å². The van der Waals surface area contributed by atoms with Crippen molar-refractivity contribution in [2.45, 2.75) is 0 Å². The fourth-order valence-corrected chi connectivity index (χ4v) is 0.250. The van der Waals surface area contributed by atoms with E-state index in [2.05, 4.69) is 9.05 Å². The zero-order valence-corrected chi connectivity index (χ0v) is 5.76. The van der Waals surface area contributed by atoms with Crippen LogP contribution in [0.25, 0.3) is 0 Å². The van der Waals surface area contributed by atoms with Crippen molar-refractivity contribution in [1.82, 2.24) is 0 Å². The van der Waals surface area contributed by atoms with Gasteiger partial charge in [-0.2, -0.15) is 0 Å². The molecule has 0 bridgehead atoms. The van der Waals surface area contributed by atoms with E-state index in [1.54, 1.807) is 6.66 Å². The zero-order chi connectivity index (χ0) is 5.91. The summed E-state index contributed by atoms with van der Waals surface area (Å²) in [4.78, 5) is 8.83. The van der Waals surface area contributed by atoms with Crippen molar-refractivity contribution in [3.63, 3.8) is 0 Å². The second-order valence-electron chi connectivity index (χ2n) is 1.31. The van der Waals surface area contributed by atoms with Gasteiger partial charge < -0.3 is 0 Å². The molecule has 0 aromatic heterocycles. The Hall–Kier alpha value is 0.310. The Morgan fingerprint density at radius 3 is 1.57 bits per heavy atom. The summed E-state index contributed by atoms with van der Waals surface area (Å²) in [5.41, 5.74) is 0. The molecule has 0 rings (SSSR count). The van der Waals surface area contributed by atoms with Crippen LogP contribution in [0, 0.1) is 0 Å². The number of hydrogen-bond donors (Lipinski definition) is 1. The average Bonchev–Trinajstić information content (AvgIpc) is 1.68. The summed E-state index contributed by atoms with van der Waals surface area (Å²) in [7, 11) is 0.201. The molecule has 0 saturated carbocycles. The maximum atomic E-state index is 8.83. The fraction of sp³-hybridized carbons (Fsp3) is 1.00. The van der Waals surface area contributed by atoms with Gasteiger partial charge in [-0.1, -0.05) is 0 Å². The average molecular weight is 126 g/mol. The molecule has 0 aliphatic rings. The van der Waals surface area contributed by atoms with Gasteiger partial charge in [-0.15, -0.1) is 0 Å². The molecule has 0 radical (unpaired) electrons. The Kier molecular flexibility index (Phi) is 2.69. The SMILES string of the molecule is CO[PH](C)(O)OC. The molecule has 0 spiro atoms. The summed E-state index contributed by atoms with van der Waals surface area (Å²) < 4.78 is 9.12. The molecule has 0 heterocycles. The predicted octanol–water partition coefficient (Wildman–Crippen LogP) is 0.396. The van der Waals surface area contributed by atoms with Gasteiger partial charge in [0.15, 0.2) is 0 Å². The molecule has 1 N–H and O–H groups in total. The third-order valence-electron chi connectivity index (χ3n) is 0.757. The van der Waals surface area contributed by atoms with Crippen LogP contribution in [-0.4, -0.2) is 25.8 Å². The predicted molar refractivity (Wildman–Crippen MR) is 30.5 cm³/mol. The van der Waals surface area contributed by atoms with E-state index in [0.717, 1.165) is 0 Å². The third kappa shape index (κ3) is 2.94. The van der Waals surface area contributed by atoms with Crippen molar-refractivity contribution in [2.75, 3.05) is 20.9 Å². The maximum absolute atomic E-state index is 8.83. The normalized spacial score (nSPS) is 14.3. The Labute approximate surface area is 43.8 Å². The molecule has 46 valence electrons. The molecule has 0 amide bonds. The molecule has 0 aliphatic heterocycles. The van der Waals surface area contributed by atoms with E-state index in [4.69, 9.17) is 4.89 Å². The van der Waals surface area contributed by atoms with Crippen LogP contribution in [0.15, 0.2) is 0 Å². The van der Waals surface area contributed by atoms with Crippen LogP contribution in [0.2, 0.25) is 0 Å². The standard InChI is InChI=1S/C3H11O3P/c1-5-7(3,4)6-2/h4,7H,1-3H3. The van der Waals surface area contributed by atoms with Gasteiger partial charge in [-0.3, -0.25) is 0 Å². The molecule has 0 aliphatic carbocycles. The van der Waals surface area contributed by atoms with Gasteiger partial charge in [-0.05, 0) is 0 Å². The third-order valence-corrected chi connectivity index (χ3v) is 2.27. The van der Waals surface area contributed by atoms with E-state index in [1.165, 1.54) is 14.2 Å². The summed E-state index contributed by atoms with van der Waals surface area (Å²) in [6.45, 7) is 1.55. The molecular weight excluding hydrogens is 115 g/mol. The Morgan fingerprint density at radius 2 is 1.57 bits per heavy atom. The molecule has 0 aromatic rings. The summed E-state index contributed by atoms with van der Waals surface area (Å²) in [6, 6.07) is 0. The first kappa shape index (κ1) is 7.31. The van der Waals surface area contributed by atoms with E-state index in [9.17, 15) is 0 Å². The van der Waals surface area contributed by atoms with E-state index in [-0.39, 0.29) is 0 Å². The second-order valence-corrected chi connectivity index (χ2v) is 3.92. The minimum atomic E-state index is -2.65. The first-order valence-electron chi connectivity index (χ1n) is 1.95. The van der Waals surface area contributed by atoms with Crippen LogP contribution in [0.1, 0.15) is 0 Å². The molecule has 7 heavy (non-hydrogen) atoms. The summed E-state index contributed by atoms with van der Waals surface area (Å²) in [5.74, 6) is 0. The van der Waals surface area contributed by atoms with Crippen LogP contribution >= 0.6 is 7.94 Å². The number of hydrogen-bond acceptors (Lipinski definition) is 3. The molecular formula is C3H11O3P. The fourth-order valence-electron chi connectivity index (χ4n) is 0.0833. The zero-order valence-electron chi connectivity index (χ0n) is 4.76. The van der Waals surface area contributed by atoms with Crippen molar-refractivity contribution in [1.29, 1.82) is 0 Å². The van der Waals surface area contributed by atoms with E-state index < -0.39 is 7.94 Å². The Balaban J connectivity index is 3.36. The molecule has 3 nitrogen and oxygen atoms in total. The second kappa shape index (κ2) is 2.58. The van der Waals surface area contributed by atoms with Gasteiger partial charge in [0.25, 0.3) is 0 Å². The molecule has 0 fully saturated rings. The van der Waals surface area contributed by atoms with Crippen LogP contribution in [0.5, 0.6) is 0 Å². The van der Waals surface area contributed by atoms with Crippen molar-refractivity contribution in [3.05, 3.63) is 0 Å². The van der Waals surface area contributed by atoms with E-state index in [1.807, 2.05) is 0 Å². The Bertz CT molecular complexity index is 48.1. The molecule has 0 saturated heterocycles. The quantitative estimate of drug-likeness (QED) is 0.544. The summed E-state index contributed by atoms with van der Waals surface area (Å²) in [5, 5.41) is 0. The van der Waals surface area contributed by atoms with E-state index >= 15 is 0 Å². The molecule has 0 atom stereocenters. The van der Waals surface area contributed by atoms with Gasteiger partial charge in [-0.25, -0.2) is 0 Å². The van der Waals surface area contributed by atoms with Crippen LogP contribution < -0.4 is 0 Å². The van der Waals surface area contributed by atoms with Crippen LogP contribution in [0.4, 0.5) is 0 Å².